The van der Waals surface area contributed by atoms with E-state index in [2.05, 4.69) is 10.1 Å². The number of benzene rings is 2. The summed E-state index contributed by atoms with van der Waals surface area (Å²) in [7, 11) is 0. The number of aromatic amines is 1. The first-order valence-electron chi connectivity index (χ1n) is 11.4. The number of carbonyl (C=O) groups excluding carboxylic acids is 1. The number of hydrogen-bond acceptors (Lipinski definition) is 4. The monoisotopic (exact) mass is 445 g/mol. The van der Waals surface area contributed by atoms with Gasteiger partial charge in [0.25, 0.3) is 11.5 Å². The second-order valence-corrected chi connectivity index (χ2v) is 9.12. The molecule has 1 aliphatic rings. The van der Waals surface area contributed by atoms with Crippen LogP contribution in [0.4, 0.5) is 0 Å². The molecule has 1 N–H and O–H groups in total. The lowest BCUT2D eigenvalue weighted by atomic mass is 10.0. The third-order valence-electron chi connectivity index (χ3n) is 6.35. The number of fused-ring (bicyclic) bond motifs is 2. The third kappa shape index (κ3) is 3.75. The highest BCUT2D eigenvalue weighted by molar-refractivity contribution is 6.04. The van der Waals surface area contributed by atoms with Crippen molar-refractivity contribution < 1.29 is 4.79 Å². The molecule has 1 saturated heterocycles. The van der Waals surface area contributed by atoms with Crippen LogP contribution < -0.4 is 11.2 Å². The minimum Gasteiger partial charge on any atom is -0.337 e. The summed E-state index contributed by atoms with van der Waals surface area (Å²) in [6, 6.07) is 14.9. The van der Waals surface area contributed by atoms with E-state index in [-0.39, 0.29) is 29.1 Å². The zero-order valence-electron chi connectivity index (χ0n) is 18.8. The second-order valence-electron chi connectivity index (χ2n) is 9.12. The van der Waals surface area contributed by atoms with E-state index in [4.69, 9.17) is 0 Å². The number of piperidine rings is 1. The van der Waals surface area contributed by atoms with Crippen LogP contribution in [0.1, 0.15) is 43.2 Å². The Morgan fingerprint density at radius 2 is 1.70 bits per heavy atom. The summed E-state index contributed by atoms with van der Waals surface area (Å²) in [6.45, 7) is 5.53. The normalized spacial score (nSPS) is 15.1. The molecule has 33 heavy (non-hydrogen) atoms. The molecule has 0 aliphatic carbocycles. The lowest BCUT2D eigenvalue weighted by Crippen LogP contribution is -2.41. The zero-order valence-corrected chi connectivity index (χ0v) is 18.8. The van der Waals surface area contributed by atoms with Crippen molar-refractivity contribution >= 4 is 27.7 Å². The number of rotatable bonds is 4. The van der Waals surface area contributed by atoms with Gasteiger partial charge in [0, 0.05) is 31.1 Å². The number of imidazole rings is 1. The van der Waals surface area contributed by atoms with Gasteiger partial charge in [0.05, 0.1) is 16.4 Å². The van der Waals surface area contributed by atoms with Crippen molar-refractivity contribution in [1.29, 1.82) is 0 Å². The van der Waals surface area contributed by atoms with Crippen molar-refractivity contribution in [3.8, 4) is 0 Å². The van der Waals surface area contributed by atoms with Gasteiger partial charge >= 0.3 is 5.69 Å². The highest BCUT2D eigenvalue weighted by atomic mass is 16.2. The minimum absolute atomic E-state index is 0.0253. The van der Waals surface area contributed by atoms with Crippen LogP contribution in [-0.2, 0) is 6.54 Å². The molecular weight excluding hydrogens is 418 g/mol. The van der Waals surface area contributed by atoms with E-state index in [1.165, 1.54) is 4.68 Å². The molecule has 5 rings (SSSR count). The summed E-state index contributed by atoms with van der Waals surface area (Å²) >= 11 is 0. The second kappa shape index (κ2) is 8.35. The third-order valence-corrected chi connectivity index (χ3v) is 6.35. The van der Waals surface area contributed by atoms with Gasteiger partial charge in [0.2, 0.25) is 0 Å². The number of carbonyl (C=O) groups is 1. The molecular formula is C25H27N5O3. The Labute approximate surface area is 190 Å². The maximum absolute atomic E-state index is 13.5. The topological polar surface area (TPSA) is 93.0 Å². The number of nitrogens with zero attached hydrogens (tertiary/aromatic N) is 4. The lowest BCUT2D eigenvalue weighted by molar-refractivity contribution is 0.0688. The summed E-state index contributed by atoms with van der Waals surface area (Å²) in [5.74, 6) is 0.0537. The van der Waals surface area contributed by atoms with E-state index >= 15 is 0 Å². The molecule has 0 radical (unpaired) electrons. The Bertz CT molecular complexity index is 1450. The van der Waals surface area contributed by atoms with Gasteiger partial charge in [0.15, 0.2) is 5.69 Å². The molecule has 0 bridgehead atoms. The molecule has 2 aromatic carbocycles. The van der Waals surface area contributed by atoms with Crippen LogP contribution in [0.2, 0.25) is 0 Å². The smallest absolute Gasteiger partial charge is 0.326 e. The maximum Gasteiger partial charge on any atom is 0.326 e. The first-order chi connectivity index (χ1) is 15.9. The molecule has 8 nitrogen and oxygen atoms in total. The van der Waals surface area contributed by atoms with Gasteiger partial charge in [-0.1, -0.05) is 44.2 Å². The van der Waals surface area contributed by atoms with Crippen LogP contribution in [0.15, 0.2) is 58.1 Å². The first kappa shape index (κ1) is 21.2. The average molecular weight is 446 g/mol. The summed E-state index contributed by atoms with van der Waals surface area (Å²) in [4.78, 5) is 43.6. The largest absolute Gasteiger partial charge is 0.337 e. The SMILES string of the molecule is CC(C)Cn1nc(C(=O)N2CCC(n3c(=O)[nH]c4ccccc43)CC2)c2ccccc2c1=O. The molecule has 0 unspecified atom stereocenters. The highest BCUT2D eigenvalue weighted by Crippen LogP contribution is 2.26. The molecule has 8 heteroatoms. The minimum atomic E-state index is -0.173. The molecule has 170 valence electrons. The Kier molecular flexibility index (Phi) is 5.36. The quantitative estimate of drug-likeness (QED) is 0.522. The summed E-state index contributed by atoms with van der Waals surface area (Å²) < 4.78 is 3.23. The van der Waals surface area contributed by atoms with Crippen molar-refractivity contribution in [2.24, 2.45) is 5.92 Å². The number of likely N-dealkylation sites (tertiary alicyclic amines) is 1. The Morgan fingerprint density at radius 1 is 1.03 bits per heavy atom. The van der Waals surface area contributed by atoms with Crippen LogP contribution in [-0.4, -0.2) is 43.2 Å². The van der Waals surface area contributed by atoms with E-state index in [1.54, 1.807) is 17.0 Å². The van der Waals surface area contributed by atoms with Gasteiger partial charge < -0.3 is 9.88 Å². The van der Waals surface area contributed by atoms with Gasteiger partial charge in [-0.15, -0.1) is 0 Å². The summed E-state index contributed by atoms with van der Waals surface area (Å²) in [5, 5.41) is 5.59. The first-order valence-corrected chi connectivity index (χ1v) is 11.4. The molecule has 1 aliphatic heterocycles. The predicted octanol–water partition coefficient (Wildman–Crippen LogP) is 3.17. The maximum atomic E-state index is 13.5. The van der Waals surface area contributed by atoms with Gasteiger partial charge in [-0.05, 0) is 37.0 Å². The summed E-state index contributed by atoms with van der Waals surface area (Å²) in [6.07, 6.45) is 1.36. The molecule has 4 aromatic rings. The molecule has 1 fully saturated rings. The molecule has 1 amide bonds. The van der Waals surface area contributed by atoms with Crippen LogP contribution >= 0.6 is 0 Å². The van der Waals surface area contributed by atoms with Crippen LogP contribution in [0.25, 0.3) is 21.8 Å². The fourth-order valence-electron chi connectivity index (χ4n) is 4.78. The summed E-state index contributed by atoms with van der Waals surface area (Å²) in [5.41, 5.74) is 1.74. The van der Waals surface area contributed by atoms with E-state index < -0.39 is 0 Å². The van der Waals surface area contributed by atoms with Crippen molar-refractivity contribution in [2.45, 2.75) is 39.3 Å². The van der Waals surface area contributed by atoms with Crippen molar-refractivity contribution in [3.05, 3.63) is 75.1 Å². The Hall–Kier alpha value is -3.68. The molecule has 2 aromatic heterocycles. The van der Waals surface area contributed by atoms with Crippen LogP contribution in [0, 0.1) is 5.92 Å². The van der Waals surface area contributed by atoms with Crippen molar-refractivity contribution in [3.63, 3.8) is 0 Å². The Morgan fingerprint density at radius 3 is 2.42 bits per heavy atom. The predicted molar refractivity (Wildman–Crippen MR) is 128 cm³/mol. The number of hydrogen-bond donors (Lipinski definition) is 1. The van der Waals surface area contributed by atoms with Crippen molar-refractivity contribution in [1.82, 2.24) is 24.2 Å². The molecule has 0 saturated carbocycles. The van der Waals surface area contributed by atoms with Crippen molar-refractivity contribution in [2.75, 3.05) is 13.1 Å². The number of aromatic nitrogens is 4. The van der Waals surface area contributed by atoms with E-state index in [0.717, 1.165) is 11.0 Å². The number of para-hydroxylation sites is 2. The number of amides is 1. The zero-order chi connectivity index (χ0) is 23.1. The van der Waals surface area contributed by atoms with Gasteiger partial charge in [-0.25, -0.2) is 9.48 Å². The van der Waals surface area contributed by atoms with Gasteiger partial charge in [-0.2, -0.15) is 5.10 Å². The van der Waals surface area contributed by atoms with Gasteiger partial charge in [0.1, 0.15) is 0 Å². The average Bonchev–Trinajstić information content (AvgIpc) is 3.16. The molecule has 3 heterocycles. The van der Waals surface area contributed by atoms with Gasteiger partial charge in [-0.3, -0.25) is 14.2 Å². The lowest BCUT2D eigenvalue weighted by Gasteiger charge is -2.32. The fourth-order valence-corrected chi connectivity index (χ4v) is 4.78. The Balaban J connectivity index is 1.43. The highest BCUT2D eigenvalue weighted by Gasteiger charge is 2.29. The molecule has 0 spiro atoms. The van der Waals surface area contributed by atoms with Crippen LogP contribution in [0.5, 0.6) is 0 Å². The van der Waals surface area contributed by atoms with E-state index in [1.807, 2.05) is 54.8 Å². The van der Waals surface area contributed by atoms with Crippen LogP contribution in [0.3, 0.4) is 0 Å². The number of nitrogens with one attached hydrogen (secondary N) is 1. The fraction of sp³-hybridized carbons (Fsp3) is 0.360. The molecule has 0 atom stereocenters. The van der Waals surface area contributed by atoms with E-state index in [0.29, 0.717) is 48.9 Å². The standard InChI is InChI=1S/C25H27N5O3/c1-16(2)15-29-23(31)19-8-4-3-7-18(19)22(27-29)24(32)28-13-11-17(12-14-28)30-21-10-6-5-9-20(21)26-25(30)33/h3-10,16-17H,11-15H2,1-2H3,(H,26,33). The number of H-pyrrole nitrogens is 1. The van der Waals surface area contributed by atoms with E-state index in [9.17, 15) is 14.4 Å².